The molecule has 0 aliphatic carbocycles. The van der Waals surface area contributed by atoms with E-state index in [0.717, 1.165) is 103 Å². The number of hydrogen-bond donors (Lipinski definition) is 0. The van der Waals surface area contributed by atoms with Crippen molar-refractivity contribution in [2.75, 3.05) is 19.8 Å². The molecule has 0 aliphatic heterocycles. The molecule has 5 nitrogen and oxygen atoms in total. The van der Waals surface area contributed by atoms with Crippen LogP contribution in [0.5, 0.6) is 0 Å². The fourth-order valence-corrected chi connectivity index (χ4v) is 6.75. The first-order valence-electron chi connectivity index (χ1n) is 25.1. The molecule has 0 N–H and O–H groups in total. The molecule has 0 fully saturated rings. The highest BCUT2D eigenvalue weighted by Gasteiger charge is 2.17. The lowest BCUT2D eigenvalue weighted by Crippen LogP contribution is -2.30. The smallest absolute Gasteiger partial charge is 0.306 e. The quantitative estimate of drug-likeness (QED) is 0.0347. The molecule has 0 radical (unpaired) electrons. The van der Waals surface area contributed by atoms with Crippen LogP contribution in [0.15, 0.2) is 85.1 Å². The third-order valence-corrected chi connectivity index (χ3v) is 10.4. The maximum atomic E-state index is 12.8. The number of allylic oxidation sites excluding steroid dienone is 14. The average molecular weight is 835 g/mol. The normalized spacial score (nSPS) is 12.9. The van der Waals surface area contributed by atoms with Crippen molar-refractivity contribution in [1.82, 2.24) is 0 Å². The third-order valence-electron chi connectivity index (χ3n) is 10.4. The summed E-state index contributed by atoms with van der Waals surface area (Å²) in [6.45, 7) is 7.54. The van der Waals surface area contributed by atoms with Gasteiger partial charge in [-0.2, -0.15) is 0 Å². The zero-order valence-electron chi connectivity index (χ0n) is 39.5. The minimum absolute atomic E-state index is 0.0666. The Kier molecular flexibility index (Phi) is 48.0. The first kappa shape index (κ1) is 57.1. The summed E-state index contributed by atoms with van der Waals surface area (Å²) in [5, 5.41) is 0. The van der Waals surface area contributed by atoms with Crippen LogP contribution in [0, 0.1) is 0 Å². The van der Waals surface area contributed by atoms with Crippen molar-refractivity contribution >= 4 is 11.9 Å². The summed E-state index contributed by atoms with van der Waals surface area (Å²) in [6.07, 6.45) is 65.9. The molecule has 0 spiro atoms. The van der Waals surface area contributed by atoms with Crippen LogP contribution in [0.4, 0.5) is 0 Å². The van der Waals surface area contributed by atoms with Gasteiger partial charge in [-0.15, -0.1) is 0 Å². The van der Waals surface area contributed by atoms with Gasteiger partial charge in [-0.25, -0.2) is 0 Å². The Hall–Kier alpha value is -2.92. The van der Waals surface area contributed by atoms with Gasteiger partial charge in [0.15, 0.2) is 6.10 Å². The van der Waals surface area contributed by atoms with Gasteiger partial charge in [0.25, 0.3) is 0 Å². The maximum absolute atomic E-state index is 12.8. The van der Waals surface area contributed by atoms with Gasteiger partial charge in [-0.1, -0.05) is 209 Å². The maximum Gasteiger partial charge on any atom is 0.306 e. The molecule has 0 aliphatic rings. The first-order chi connectivity index (χ1) is 29.6. The Balaban J connectivity index is 4.29. The minimum atomic E-state index is -0.554. The lowest BCUT2D eigenvalue weighted by Gasteiger charge is -2.18. The van der Waals surface area contributed by atoms with Crippen LogP contribution in [0.2, 0.25) is 0 Å². The average Bonchev–Trinajstić information content (AvgIpc) is 3.25. The summed E-state index contributed by atoms with van der Waals surface area (Å²) in [7, 11) is 0. The van der Waals surface area contributed by atoms with Gasteiger partial charge in [0, 0.05) is 19.4 Å². The molecular formula is C55H94O5. The highest BCUT2D eigenvalue weighted by molar-refractivity contribution is 5.70. The van der Waals surface area contributed by atoms with Crippen LogP contribution in [0.3, 0.4) is 0 Å². The molecular weight excluding hydrogens is 741 g/mol. The van der Waals surface area contributed by atoms with Gasteiger partial charge in [-0.3, -0.25) is 9.59 Å². The molecule has 0 heterocycles. The van der Waals surface area contributed by atoms with Crippen LogP contribution in [-0.4, -0.2) is 37.9 Å². The Morgan fingerprint density at radius 3 is 1.20 bits per heavy atom. The van der Waals surface area contributed by atoms with E-state index in [1.807, 2.05) is 0 Å². The van der Waals surface area contributed by atoms with E-state index < -0.39 is 6.10 Å². The van der Waals surface area contributed by atoms with Crippen molar-refractivity contribution in [3.63, 3.8) is 0 Å². The zero-order valence-corrected chi connectivity index (χ0v) is 39.5. The van der Waals surface area contributed by atoms with E-state index in [1.54, 1.807) is 0 Å². The number of esters is 2. The van der Waals surface area contributed by atoms with E-state index in [9.17, 15) is 9.59 Å². The van der Waals surface area contributed by atoms with Crippen LogP contribution in [-0.2, 0) is 23.8 Å². The van der Waals surface area contributed by atoms with Crippen molar-refractivity contribution in [2.45, 2.75) is 232 Å². The van der Waals surface area contributed by atoms with Crippen LogP contribution >= 0.6 is 0 Å². The largest absolute Gasteiger partial charge is 0.462 e. The molecule has 0 aromatic heterocycles. The van der Waals surface area contributed by atoms with E-state index in [0.29, 0.717) is 19.4 Å². The molecule has 1 atom stereocenters. The number of rotatable bonds is 45. The Morgan fingerprint density at radius 2 is 0.750 bits per heavy atom. The van der Waals surface area contributed by atoms with Crippen LogP contribution in [0.25, 0.3) is 0 Å². The minimum Gasteiger partial charge on any atom is -0.462 e. The molecule has 0 amide bonds. The standard InChI is InChI=1S/C55H94O5/c1-4-7-10-13-16-19-22-24-26-27-28-29-30-31-34-36-39-42-45-48-54(56)59-52-53(60-55(57)49-46-43-40-37-33-21-18-15-12-9-6-3)51-58-50-47-44-41-38-35-32-25-23-20-17-14-11-8-5-2/h7-8,10-11,16-17,19-20,24-26,28-29,32,53H,4-6,9,12-15,18,21-23,27,30-31,33-52H2,1-3H3/b10-7-,11-8-,19-16-,20-17-,26-24-,29-28-,32-25-. The molecule has 0 saturated heterocycles. The topological polar surface area (TPSA) is 61.8 Å². The second-order valence-corrected chi connectivity index (χ2v) is 16.3. The summed E-state index contributed by atoms with van der Waals surface area (Å²) in [4.78, 5) is 25.3. The van der Waals surface area contributed by atoms with Crippen LogP contribution < -0.4 is 0 Å². The highest BCUT2D eigenvalue weighted by atomic mass is 16.6. The lowest BCUT2D eigenvalue weighted by atomic mass is 10.1. The van der Waals surface area contributed by atoms with E-state index in [2.05, 4.69) is 106 Å². The molecule has 0 bridgehead atoms. The zero-order chi connectivity index (χ0) is 43.5. The molecule has 5 heteroatoms. The summed E-state index contributed by atoms with van der Waals surface area (Å²) < 4.78 is 17.3. The molecule has 1 unspecified atom stereocenters. The van der Waals surface area contributed by atoms with Crippen molar-refractivity contribution in [3.8, 4) is 0 Å². The Morgan fingerprint density at radius 1 is 0.383 bits per heavy atom. The monoisotopic (exact) mass is 835 g/mol. The fraction of sp³-hybridized carbons (Fsp3) is 0.709. The lowest BCUT2D eigenvalue weighted by molar-refractivity contribution is -0.163. The summed E-state index contributed by atoms with van der Waals surface area (Å²) in [5.41, 5.74) is 0. The SMILES string of the molecule is CC/C=C\C/C=C\C/C=C\C/C=C\CCCCCCCCC(=O)OCC(COCCCCCC/C=C\C/C=C\C/C=C\CC)OC(=O)CCCCCCCCCCCCC. The van der Waals surface area contributed by atoms with Gasteiger partial charge in [0.05, 0.1) is 6.61 Å². The van der Waals surface area contributed by atoms with Gasteiger partial charge in [-0.05, 0) is 89.9 Å². The van der Waals surface area contributed by atoms with E-state index in [-0.39, 0.29) is 25.2 Å². The number of carbonyl (C=O) groups is 2. The summed E-state index contributed by atoms with van der Waals surface area (Å²) in [5.74, 6) is -0.426. The van der Waals surface area contributed by atoms with Crippen molar-refractivity contribution in [1.29, 1.82) is 0 Å². The molecule has 344 valence electrons. The van der Waals surface area contributed by atoms with Crippen molar-refractivity contribution < 1.29 is 23.8 Å². The number of ether oxygens (including phenoxy) is 3. The second-order valence-electron chi connectivity index (χ2n) is 16.3. The molecule has 0 saturated carbocycles. The highest BCUT2D eigenvalue weighted by Crippen LogP contribution is 2.14. The molecule has 0 rings (SSSR count). The predicted octanol–water partition coefficient (Wildman–Crippen LogP) is 16.9. The third kappa shape index (κ3) is 47.8. The number of hydrogen-bond acceptors (Lipinski definition) is 5. The van der Waals surface area contributed by atoms with E-state index >= 15 is 0 Å². The summed E-state index contributed by atoms with van der Waals surface area (Å²) >= 11 is 0. The van der Waals surface area contributed by atoms with E-state index in [4.69, 9.17) is 14.2 Å². The first-order valence-corrected chi connectivity index (χ1v) is 25.1. The molecule has 0 aromatic rings. The fourth-order valence-electron chi connectivity index (χ4n) is 6.75. The Labute approximate surface area is 371 Å². The van der Waals surface area contributed by atoms with Gasteiger partial charge < -0.3 is 14.2 Å². The second kappa shape index (κ2) is 50.4. The number of unbranched alkanes of at least 4 members (excludes halogenated alkanes) is 20. The molecule has 60 heavy (non-hydrogen) atoms. The van der Waals surface area contributed by atoms with Gasteiger partial charge in [0.2, 0.25) is 0 Å². The van der Waals surface area contributed by atoms with Crippen molar-refractivity contribution in [3.05, 3.63) is 85.1 Å². The van der Waals surface area contributed by atoms with Crippen molar-refractivity contribution in [2.24, 2.45) is 0 Å². The number of carbonyl (C=O) groups excluding carboxylic acids is 2. The molecule has 0 aromatic carbocycles. The summed E-state index contributed by atoms with van der Waals surface area (Å²) in [6, 6.07) is 0. The van der Waals surface area contributed by atoms with E-state index in [1.165, 1.54) is 89.9 Å². The Bertz CT molecular complexity index is 1130. The predicted molar refractivity (Wildman–Crippen MR) is 260 cm³/mol. The van der Waals surface area contributed by atoms with Gasteiger partial charge in [0.1, 0.15) is 6.61 Å². The van der Waals surface area contributed by atoms with Gasteiger partial charge >= 0.3 is 11.9 Å². The van der Waals surface area contributed by atoms with Crippen LogP contribution in [0.1, 0.15) is 226 Å².